The number of rotatable bonds is 3. The van der Waals surface area contributed by atoms with Gasteiger partial charge in [0.05, 0.1) is 5.92 Å². The van der Waals surface area contributed by atoms with Crippen LogP contribution >= 0.6 is 22.6 Å². The summed E-state index contributed by atoms with van der Waals surface area (Å²) in [6.07, 6.45) is -6.18. The van der Waals surface area contributed by atoms with Gasteiger partial charge in [-0.3, -0.25) is 0 Å². The van der Waals surface area contributed by atoms with Gasteiger partial charge in [0.1, 0.15) is 6.17 Å². The van der Waals surface area contributed by atoms with Crippen LogP contribution < -0.4 is 0 Å². The van der Waals surface area contributed by atoms with Gasteiger partial charge in [-0.1, -0.05) is 29.5 Å². The van der Waals surface area contributed by atoms with Gasteiger partial charge in [-0.05, 0) is 6.42 Å². The zero-order chi connectivity index (χ0) is 9.07. The van der Waals surface area contributed by atoms with Crippen LogP contribution in [0.5, 0.6) is 0 Å². The van der Waals surface area contributed by atoms with Crippen molar-refractivity contribution in [3.63, 3.8) is 0 Å². The normalized spacial score (nSPS) is 18.0. The van der Waals surface area contributed by atoms with E-state index >= 15 is 0 Å². The van der Waals surface area contributed by atoms with Crippen LogP contribution in [0.4, 0.5) is 17.6 Å². The van der Waals surface area contributed by atoms with Crippen molar-refractivity contribution in [3.05, 3.63) is 0 Å². The molecule has 0 saturated heterocycles. The summed E-state index contributed by atoms with van der Waals surface area (Å²) in [5.41, 5.74) is 0. The van der Waals surface area contributed by atoms with E-state index in [9.17, 15) is 17.6 Å². The maximum atomic E-state index is 12.6. The molecule has 0 radical (unpaired) electrons. The average molecular weight is 284 g/mol. The Bertz CT molecular complexity index is 112. The zero-order valence-corrected chi connectivity index (χ0v) is 8.12. The Morgan fingerprint density at radius 3 is 2.09 bits per heavy atom. The first-order valence-corrected chi connectivity index (χ1v) is 4.69. The lowest BCUT2D eigenvalue weighted by molar-refractivity contribution is -0.185. The number of halogens is 5. The van der Waals surface area contributed by atoms with E-state index in [0.29, 0.717) is 4.43 Å². The molecule has 2 atom stereocenters. The van der Waals surface area contributed by atoms with E-state index in [4.69, 9.17) is 0 Å². The van der Waals surface area contributed by atoms with Crippen molar-refractivity contribution in [1.29, 1.82) is 0 Å². The molecule has 0 saturated carbocycles. The van der Waals surface area contributed by atoms with E-state index < -0.39 is 18.3 Å². The van der Waals surface area contributed by atoms with Gasteiger partial charge >= 0.3 is 6.18 Å². The van der Waals surface area contributed by atoms with E-state index in [2.05, 4.69) is 0 Å². The van der Waals surface area contributed by atoms with Crippen molar-refractivity contribution in [3.8, 4) is 0 Å². The Kier molecular flexibility index (Phi) is 4.65. The van der Waals surface area contributed by atoms with Crippen molar-refractivity contribution in [2.24, 2.45) is 5.92 Å². The van der Waals surface area contributed by atoms with Crippen LogP contribution in [0.1, 0.15) is 13.3 Å². The topological polar surface area (TPSA) is 0 Å². The van der Waals surface area contributed by atoms with Crippen molar-refractivity contribution in [2.75, 3.05) is 4.43 Å². The maximum absolute atomic E-state index is 12.6. The molecule has 0 heterocycles. The highest BCUT2D eigenvalue weighted by molar-refractivity contribution is 14.1. The van der Waals surface area contributed by atoms with E-state index in [1.165, 1.54) is 0 Å². The Morgan fingerprint density at radius 1 is 1.36 bits per heavy atom. The second kappa shape index (κ2) is 4.47. The van der Waals surface area contributed by atoms with Crippen molar-refractivity contribution in [1.82, 2.24) is 0 Å². The fourth-order valence-corrected chi connectivity index (χ4v) is 1.15. The summed E-state index contributed by atoms with van der Waals surface area (Å²) in [5, 5.41) is 0. The van der Waals surface area contributed by atoms with Crippen LogP contribution in [0.25, 0.3) is 0 Å². The number of hydrogen-bond donors (Lipinski definition) is 0. The number of alkyl halides is 5. The van der Waals surface area contributed by atoms with E-state index in [1.54, 1.807) is 0 Å². The molecule has 11 heavy (non-hydrogen) atoms. The Hall–Kier alpha value is 0.450. The average Bonchev–Trinajstić information content (AvgIpc) is 1.85. The lowest BCUT2D eigenvalue weighted by Gasteiger charge is -2.18. The first-order valence-electron chi connectivity index (χ1n) is 3.16. The molecule has 0 aromatic rings. The molecule has 0 N–H and O–H groups in total. The molecule has 0 aromatic carbocycles. The minimum absolute atomic E-state index is 0.0266. The molecule has 0 spiro atoms. The molecular weight excluding hydrogens is 275 g/mol. The second-order valence-corrected chi connectivity index (χ2v) is 3.40. The van der Waals surface area contributed by atoms with Gasteiger partial charge in [0, 0.05) is 4.43 Å². The quantitative estimate of drug-likeness (QED) is 0.423. The lowest BCUT2D eigenvalue weighted by atomic mass is 10.0. The minimum Gasteiger partial charge on any atom is -0.247 e. The van der Waals surface area contributed by atoms with Gasteiger partial charge in [-0.25, -0.2) is 4.39 Å². The molecule has 0 aliphatic rings. The monoisotopic (exact) mass is 284 g/mol. The highest BCUT2D eigenvalue weighted by Crippen LogP contribution is 2.31. The minimum atomic E-state index is -4.40. The smallest absolute Gasteiger partial charge is 0.247 e. The van der Waals surface area contributed by atoms with Gasteiger partial charge in [-0.15, -0.1) is 0 Å². The summed E-state index contributed by atoms with van der Waals surface area (Å²) >= 11 is 1.86. The SMILES string of the molecule is CC([C@H](F)CCI)C(F)(F)F. The molecule has 68 valence electrons. The van der Waals surface area contributed by atoms with Crippen LogP contribution in [-0.4, -0.2) is 16.8 Å². The predicted molar refractivity (Wildman–Crippen MR) is 43.6 cm³/mol. The summed E-state index contributed by atoms with van der Waals surface area (Å²) in [4.78, 5) is 0. The van der Waals surface area contributed by atoms with Crippen molar-refractivity contribution < 1.29 is 17.6 Å². The molecular formula is C6H9F4I. The molecule has 0 aliphatic heterocycles. The molecule has 0 nitrogen and oxygen atoms in total. The first kappa shape index (κ1) is 11.4. The molecule has 0 bridgehead atoms. The third-order valence-electron chi connectivity index (χ3n) is 1.44. The maximum Gasteiger partial charge on any atom is 0.394 e. The Balaban J connectivity index is 3.91. The van der Waals surface area contributed by atoms with Gasteiger partial charge in [-0.2, -0.15) is 13.2 Å². The lowest BCUT2D eigenvalue weighted by Crippen LogP contribution is -2.29. The molecule has 0 amide bonds. The van der Waals surface area contributed by atoms with Crippen LogP contribution in [0.3, 0.4) is 0 Å². The van der Waals surface area contributed by atoms with Crippen LogP contribution in [-0.2, 0) is 0 Å². The molecule has 5 heteroatoms. The summed E-state index contributed by atoms with van der Waals surface area (Å²) in [6, 6.07) is 0. The molecule has 1 unspecified atom stereocenters. The third-order valence-corrected chi connectivity index (χ3v) is 2.07. The highest BCUT2D eigenvalue weighted by atomic mass is 127. The molecule has 0 fully saturated rings. The highest BCUT2D eigenvalue weighted by Gasteiger charge is 2.41. The van der Waals surface area contributed by atoms with Crippen LogP contribution in [0.15, 0.2) is 0 Å². The molecule has 0 aromatic heterocycles. The first-order chi connectivity index (χ1) is 4.89. The van der Waals surface area contributed by atoms with Crippen LogP contribution in [0, 0.1) is 5.92 Å². The summed E-state index contributed by atoms with van der Waals surface area (Å²) in [6.45, 7) is 0.872. The Morgan fingerprint density at radius 2 is 1.82 bits per heavy atom. The predicted octanol–water partition coefficient (Wildman–Crippen LogP) is 3.35. The van der Waals surface area contributed by atoms with Gasteiger partial charge < -0.3 is 0 Å². The van der Waals surface area contributed by atoms with E-state index in [-0.39, 0.29) is 6.42 Å². The fourth-order valence-electron chi connectivity index (χ4n) is 0.559. The van der Waals surface area contributed by atoms with Crippen LogP contribution in [0.2, 0.25) is 0 Å². The number of hydrogen-bond acceptors (Lipinski definition) is 0. The van der Waals surface area contributed by atoms with Gasteiger partial charge in [0.2, 0.25) is 0 Å². The van der Waals surface area contributed by atoms with E-state index in [1.807, 2.05) is 22.6 Å². The standard InChI is InChI=1S/C6H9F4I/c1-4(6(8,9)10)5(7)2-3-11/h4-5H,2-3H2,1H3/t4?,5-/m1/s1. The van der Waals surface area contributed by atoms with Crippen molar-refractivity contribution >= 4 is 22.6 Å². The second-order valence-electron chi connectivity index (χ2n) is 2.32. The zero-order valence-electron chi connectivity index (χ0n) is 5.96. The van der Waals surface area contributed by atoms with Gasteiger partial charge in [0.25, 0.3) is 0 Å². The largest absolute Gasteiger partial charge is 0.394 e. The summed E-state index contributed by atoms with van der Waals surface area (Å²) in [5.74, 6) is -1.84. The van der Waals surface area contributed by atoms with Gasteiger partial charge in [0.15, 0.2) is 0 Å². The van der Waals surface area contributed by atoms with E-state index in [0.717, 1.165) is 6.92 Å². The summed E-state index contributed by atoms with van der Waals surface area (Å²) < 4.78 is 48.3. The third kappa shape index (κ3) is 4.12. The summed E-state index contributed by atoms with van der Waals surface area (Å²) in [7, 11) is 0. The molecule has 0 rings (SSSR count). The molecule has 0 aliphatic carbocycles. The fraction of sp³-hybridized carbons (Fsp3) is 1.00. The van der Waals surface area contributed by atoms with Crippen molar-refractivity contribution in [2.45, 2.75) is 25.7 Å². The Labute approximate surface area is 76.5 Å².